The molecule has 2 rings (SSSR count). The van der Waals surface area contributed by atoms with Gasteiger partial charge in [0, 0.05) is 4.90 Å². The second-order valence-corrected chi connectivity index (χ2v) is 4.22. The molecule has 0 saturated carbocycles. The van der Waals surface area contributed by atoms with E-state index in [1.54, 1.807) is 6.07 Å². The lowest BCUT2D eigenvalue weighted by Crippen LogP contribution is -2.19. The number of hydrogen-bond donors (Lipinski definition) is 2. The zero-order chi connectivity index (χ0) is 10.8. The van der Waals surface area contributed by atoms with Gasteiger partial charge in [0.2, 0.25) is 5.91 Å². The molecule has 76 valence electrons. The molecular formula is C10H9N3OS. The Morgan fingerprint density at radius 2 is 2.40 bits per heavy atom. The van der Waals surface area contributed by atoms with Gasteiger partial charge in [-0.25, -0.2) is 0 Å². The highest BCUT2D eigenvalue weighted by atomic mass is 32.2. The third-order valence-corrected chi connectivity index (χ3v) is 3.21. The van der Waals surface area contributed by atoms with E-state index >= 15 is 0 Å². The second-order valence-electron chi connectivity index (χ2n) is 3.20. The first-order chi connectivity index (χ1) is 7.20. The monoisotopic (exact) mass is 219 g/mol. The topological polar surface area (TPSA) is 78.9 Å². The summed E-state index contributed by atoms with van der Waals surface area (Å²) >= 11 is 1.49. The fraction of sp³-hybridized carbons (Fsp3) is 0.200. The summed E-state index contributed by atoms with van der Waals surface area (Å²) in [7, 11) is 0. The van der Waals surface area contributed by atoms with E-state index in [4.69, 9.17) is 11.0 Å². The van der Waals surface area contributed by atoms with Gasteiger partial charge in [0.05, 0.1) is 17.5 Å². The molecule has 0 fully saturated rings. The van der Waals surface area contributed by atoms with Crippen LogP contribution in [0.2, 0.25) is 0 Å². The van der Waals surface area contributed by atoms with Gasteiger partial charge in [-0.1, -0.05) is 6.07 Å². The Bertz CT molecular complexity index is 452. The summed E-state index contributed by atoms with van der Waals surface area (Å²) in [6, 6.07) is 6.77. The number of nitrogens with two attached hydrogens (primary N) is 1. The maximum absolute atomic E-state index is 11.1. The van der Waals surface area contributed by atoms with Crippen molar-refractivity contribution < 1.29 is 4.79 Å². The fourth-order valence-electron chi connectivity index (χ4n) is 1.37. The van der Waals surface area contributed by atoms with Gasteiger partial charge in [0.25, 0.3) is 0 Å². The van der Waals surface area contributed by atoms with Crippen LogP contribution in [0.1, 0.15) is 11.6 Å². The number of benzene rings is 1. The number of nitrogens with zero attached hydrogens (tertiary/aromatic N) is 1. The van der Waals surface area contributed by atoms with Crippen LogP contribution in [0.5, 0.6) is 0 Å². The first-order valence-corrected chi connectivity index (χ1v) is 5.41. The Morgan fingerprint density at radius 1 is 1.60 bits per heavy atom. The lowest BCUT2D eigenvalue weighted by Gasteiger charge is -2.17. The molecule has 4 nitrogen and oxygen atoms in total. The van der Waals surface area contributed by atoms with Crippen LogP contribution in [0.4, 0.5) is 5.69 Å². The van der Waals surface area contributed by atoms with Gasteiger partial charge >= 0.3 is 0 Å². The van der Waals surface area contributed by atoms with Gasteiger partial charge in [-0.15, -0.1) is 11.8 Å². The van der Waals surface area contributed by atoms with Gasteiger partial charge in [-0.2, -0.15) is 5.26 Å². The average Bonchev–Trinajstić information content (AvgIpc) is 2.27. The van der Waals surface area contributed by atoms with E-state index < -0.39 is 6.04 Å². The molecule has 5 heteroatoms. The van der Waals surface area contributed by atoms with Crippen molar-refractivity contribution in [2.75, 3.05) is 11.1 Å². The lowest BCUT2D eigenvalue weighted by molar-refractivity contribution is -0.113. The van der Waals surface area contributed by atoms with Crippen molar-refractivity contribution in [1.29, 1.82) is 5.26 Å². The molecule has 0 aliphatic carbocycles. The van der Waals surface area contributed by atoms with Crippen LogP contribution in [-0.4, -0.2) is 11.7 Å². The van der Waals surface area contributed by atoms with Crippen molar-refractivity contribution in [2.45, 2.75) is 10.9 Å². The molecule has 0 saturated heterocycles. The van der Waals surface area contributed by atoms with Crippen molar-refractivity contribution in [3.63, 3.8) is 0 Å². The standard InChI is InChI=1S/C10H9N3OS/c11-4-7(12)6-1-2-9-8(3-6)13-10(14)5-15-9/h1-3,7H,5,12H2,(H,13,14). The van der Waals surface area contributed by atoms with Gasteiger partial charge in [-0.3, -0.25) is 4.79 Å². The van der Waals surface area contributed by atoms with E-state index in [1.165, 1.54) is 11.8 Å². The van der Waals surface area contributed by atoms with Crippen molar-refractivity contribution in [3.8, 4) is 6.07 Å². The Balaban J connectivity index is 2.37. The number of nitriles is 1. The molecule has 1 unspecified atom stereocenters. The van der Waals surface area contributed by atoms with Crippen LogP contribution in [0.3, 0.4) is 0 Å². The van der Waals surface area contributed by atoms with Crippen LogP contribution in [0.15, 0.2) is 23.1 Å². The third-order valence-electron chi connectivity index (χ3n) is 2.13. The summed E-state index contributed by atoms with van der Waals surface area (Å²) in [5.41, 5.74) is 7.05. The lowest BCUT2D eigenvalue weighted by atomic mass is 10.1. The number of carbonyl (C=O) groups excluding carboxylic acids is 1. The largest absolute Gasteiger partial charge is 0.324 e. The Kier molecular flexibility index (Phi) is 2.62. The highest BCUT2D eigenvalue weighted by Gasteiger charge is 2.16. The molecule has 0 bridgehead atoms. The average molecular weight is 219 g/mol. The number of thioether (sulfide) groups is 1. The SMILES string of the molecule is N#CC(N)c1ccc2c(c1)NC(=O)CS2. The predicted molar refractivity (Wildman–Crippen MR) is 58.3 cm³/mol. The Morgan fingerprint density at radius 3 is 3.13 bits per heavy atom. The van der Waals surface area contributed by atoms with Crippen LogP contribution in [0, 0.1) is 11.3 Å². The molecule has 1 atom stereocenters. The minimum Gasteiger partial charge on any atom is -0.324 e. The molecule has 1 aromatic carbocycles. The summed E-state index contributed by atoms with van der Waals surface area (Å²) in [5.74, 6) is 0.423. The number of nitrogens with one attached hydrogen (secondary N) is 1. The molecule has 1 aliphatic heterocycles. The van der Waals surface area contributed by atoms with Gasteiger partial charge in [0.1, 0.15) is 6.04 Å². The molecule has 0 spiro atoms. The van der Waals surface area contributed by atoms with Crippen LogP contribution < -0.4 is 11.1 Å². The van der Waals surface area contributed by atoms with E-state index in [0.29, 0.717) is 5.75 Å². The minimum atomic E-state index is -0.640. The summed E-state index contributed by atoms with van der Waals surface area (Å²) < 4.78 is 0. The van der Waals surface area contributed by atoms with E-state index in [2.05, 4.69) is 5.32 Å². The smallest absolute Gasteiger partial charge is 0.234 e. The molecule has 1 amide bonds. The Hall–Kier alpha value is -1.51. The van der Waals surface area contributed by atoms with Crippen molar-refractivity contribution in [2.24, 2.45) is 5.73 Å². The number of hydrogen-bond acceptors (Lipinski definition) is 4. The van der Waals surface area contributed by atoms with Gasteiger partial charge < -0.3 is 11.1 Å². The van der Waals surface area contributed by atoms with Crippen molar-refractivity contribution >= 4 is 23.4 Å². The summed E-state index contributed by atoms with van der Waals surface area (Å²) in [5, 5.41) is 11.4. The molecule has 1 aliphatic rings. The van der Waals surface area contributed by atoms with E-state index in [1.807, 2.05) is 18.2 Å². The first-order valence-electron chi connectivity index (χ1n) is 4.42. The molecular weight excluding hydrogens is 210 g/mol. The quantitative estimate of drug-likeness (QED) is 0.745. The normalized spacial score (nSPS) is 16.1. The predicted octanol–water partition coefficient (Wildman–Crippen LogP) is 1.25. The number of carbonyl (C=O) groups is 1. The molecule has 3 N–H and O–H groups in total. The fourth-order valence-corrected chi connectivity index (χ4v) is 2.16. The number of amides is 1. The second kappa shape index (κ2) is 3.93. The molecule has 1 aromatic rings. The van der Waals surface area contributed by atoms with Crippen LogP contribution in [0.25, 0.3) is 0 Å². The number of fused-ring (bicyclic) bond motifs is 1. The van der Waals surface area contributed by atoms with Gasteiger partial charge in [-0.05, 0) is 17.7 Å². The minimum absolute atomic E-state index is 0.0184. The number of anilines is 1. The van der Waals surface area contributed by atoms with E-state index in [9.17, 15) is 4.79 Å². The summed E-state index contributed by atoms with van der Waals surface area (Å²) in [6.45, 7) is 0. The molecule has 15 heavy (non-hydrogen) atoms. The van der Waals surface area contributed by atoms with Crippen LogP contribution >= 0.6 is 11.8 Å². The highest BCUT2D eigenvalue weighted by molar-refractivity contribution is 8.00. The van der Waals surface area contributed by atoms with E-state index in [-0.39, 0.29) is 5.91 Å². The zero-order valence-corrected chi connectivity index (χ0v) is 8.67. The summed E-state index contributed by atoms with van der Waals surface area (Å²) in [6.07, 6.45) is 0. The Labute approximate surface area is 91.5 Å². The molecule has 0 aromatic heterocycles. The van der Waals surface area contributed by atoms with Crippen molar-refractivity contribution in [3.05, 3.63) is 23.8 Å². The van der Waals surface area contributed by atoms with Gasteiger partial charge in [0.15, 0.2) is 0 Å². The number of rotatable bonds is 1. The summed E-state index contributed by atoms with van der Waals surface area (Å²) in [4.78, 5) is 12.2. The maximum Gasteiger partial charge on any atom is 0.234 e. The maximum atomic E-state index is 11.1. The third kappa shape index (κ3) is 1.96. The highest BCUT2D eigenvalue weighted by Crippen LogP contribution is 2.32. The molecule has 1 heterocycles. The van der Waals surface area contributed by atoms with E-state index in [0.717, 1.165) is 16.1 Å². The molecule has 0 radical (unpaired) electrons. The van der Waals surface area contributed by atoms with Crippen LogP contribution in [-0.2, 0) is 4.79 Å². The first kappa shape index (κ1) is 10.0. The zero-order valence-electron chi connectivity index (χ0n) is 7.86. The van der Waals surface area contributed by atoms with Crippen molar-refractivity contribution in [1.82, 2.24) is 0 Å².